The van der Waals surface area contributed by atoms with Gasteiger partial charge in [-0.3, -0.25) is 0 Å². The summed E-state index contributed by atoms with van der Waals surface area (Å²) < 4.78 is 42.3. The lowest BCUT2D eigenvalue weighted by molar-refractivity contribution is 0.583. The summed E-state index contributed by atoms with van der Waals surface area (Å²) in [6.45, 7) is 1.69. The third-order valence-corrected chi connectivity index (χ3v) is 5.99. The van der Waals surface area contributed by atoms with Crippen LogP contribution in [0.2, 0.25) is 0 Å². The highest BCUT2D eigenvalue weighted by Gasteiger charge is 2.33. The molecule has 0 amide bonds. The van der Waals surface area contributed by atoms with Gasteiger partial charge in [0, 0.05) is 39.5 Å². The Morgan fingerprint density at radius 3 is 1.37 bits per heavy atom. The Balaban J connectivity index is 1.80. The molecule has 0 aliphatic carbocycles. The van der Waals surface area contributed by atoms with Crippen molar-refractivity contribution in [3.8, 4) is 24.3 Å². The summed E-state index contributed by atoms with van der Waals surface area (Å²) >= 11 is 0. The molecule has 3 aromatic carbocycles. The quantitative estimate of drug-likeness (QED) is 0.384. The Kier molecular flexibility index (Phi) is 5.69. The number of benzene rings is 3. The van der Waals surface area contributed by atoms with E-state index in [9.17, 15) is 34.2 Å². The first-order valence-electron chi connectivity index (χ1n) is 11.0. The smallest absolute Gasteiger partial charge is 0.139 e. The molecule has 5 rings (SSSR count). The largest absolute Gasteiger partial charge is 0.247 e. The van der Waals surface area contributed by atoms with Gasteiger partial charge in [-0.15, -0.1) is 0 Å². The van der Waals surface area contributed by atoms with E-state index >= 15 is 0 Å². The van der Waals surface area contributed by atoms with E-state index in [1.165, 1.54) is 24.3 Å². The third kappa shape index (κ3) is 3.82. The van der Waals surface area contributed by atoms with Crippen molar-refractivity contribution >= 4 is 33.9 Å². The van der Waals surface area contributed by atoms with Gasteiger partial charge in [-0.2, -0.15) is 21.0 Å². The maximum absolute atomic E-state index is 14.2. The van der Waals surface area contributed by atoms with Gasteiger partial charge in [-0.25, -0.2) is 23.2 Å². The highest BCUT2D eigenvalue weighted by atomic mass is 19.1. The molecule has 0 fully saturated rings. The van der Waals surface area contributed by atoms with Gasteiger partial charge in [0.1, 0.15) is 52.9 Å². The summed E-state index contributed by atoms with van der Waals surface area (Å²) in [5, 5.41) is 38.6. The van der Waals surface area contributed by atoms with Gasteiger partial charge in [-0.05, 0) is 55.0 Å². The average Bonchev–Trinajstić information content (AvgIpc) is 3.42. The van der Waals surface area contributed by atoms with Crippen LogP contribution in [-0.4, -0.2) is 11.4 Å². The number of halogens is 3. The van der Waals surface area contributed by atoms with E-state index in [0.29, 0.717) is 28.3 Å². The van der Waals surface area contributed by atoms with Crippen LogP contribution in [-0.2, 0) is 0 Å². The highest BCUT2D eigenvalue weighted by molar-refractivity contribution is 6.40. The monoisotopic (exact) mass is 500 g/mol. The zero-order valence-corrected chi connectivity index (χ0v) is 19.4. The minimum Gasteiger partial charge on any atom is -0.247 e. The fraction of sp³-hybridized carbons (Fsp3) is 0.0345. The van der Waals surface area contributed by atoms with E-state index in [2.05, 4.69) is 9.98 Å². The minimum atomic E-state index is -0.867. The second kappa shape index (κ2) is 9.03. The Hall–Kier alpha value is -5.77. The average molecular weight is 500 g/mol. The van der Waals surface area contributed by atoms with Crippen molar-refractivity contribution in [1.29, 1.82) is 21.0 Å². The number of allylic oxidation sites excluding steroid dienone is 4. The molecule has 0 N–H and O–H groups in total. The minimum absolute atomic E-state index is 0.0106. The normalized spacial score (nSPS) is 12.8. The van der Waals surface area contributed by atoms with Crippen molar-refractivity contribution in [2.45, 2.75) is 6.92 Å². The Labute approximate surface area is 214 Å². The number of nitriles is 4. The molecule has 38 heavy (non-hydrogen) atoms. The maximum Gasteiger partial charge on any atom is 0.139 e. The summed E-state index contributed by atoms with van der Waals surface area (Å²) in [6, 6.07) is 17.3. The molecule has 0 radical (unpaired) electrons. The van der Waals surface area contributed by atoms with Gasteiger partial charge in [-0.1, -0.05) is 0 Å². The summed E-state index contributed by atoms with van der Waals surface area (Å²) in [7, 11) is 0. The van der Waals surface area contributed by atoms with Crippen molar-refractivity contribution < 1.29 is 13.2 Å². The van der Waals surface area contributed by atoms with Crippen molar-refractivity contribution in [3.05, 3.63) is 105 Å². The molecule has 2 aliphatic rings. The number of hydrogen-bond acceptors (Lipinski definition) is 6. The van der Waals surface area contributed by atoms with Crippen LogP contribution in [0.1, 0.15) is 27.8 Å². The molecular formula is C29H11F3N6. The highest BCUT2D eigenvalue weighted by Crippen LogP contribution is 2.48. The zero-order valence-electron chi connectivity index (χ0n) is 19.4. The van der Waals surface area contributed by atoms with Crippen LogP contribution in [0.25, 0.3) is 11.1 Å². The van der Waals surface area contributed by atoms with E-state index in [4.69, 9.17) is 0 Å². The van der Waals surface area contributed by atoms with E-state index in [-0.39, 0.29) is 50.7 Å². The topological polar surface area (TPSA) is 120 Å². The van der Waals surface area contributed by atoms with Crippen LogP contribution in [0.3, 0.4) is 0 Å². The molecular weight excluding hydrogens is 489 g/mol. The summed E-state index contributed by atoms with van der Waals surface area (Å²) in [5.41, 5.74) is 2.00. The first-order valence-corrected chi connectivity index (χ1v) is 11.0. The van der Waals surface area contributed by atoms with Gasteiger partial charge in [0.25, 0.3) is 0 Å². The molecule has 0 bridgehead atoms. The number of fused-ring (bicyclic) bond motifs is 2. The van der Waals surface area contributed by atoms with E-state index < -0.39 is 17.5 Å². The lowest BCUT2D eigenvalue weighted by atomic mass is 9.90. The first-order chi connectivity index (χ1) is 18.3. The number of hydrogen-bond donors (Lipinski definition) is 0. The van der Waals surface area contributed by atoms with Crippen molar-refractivity contribution in [2.75, 3.05) is 0 Å². The lowest BCUT2D eigenvalue weighted by Crippen LogP contribution is -2.04. The van der Waals surface area contributed by atoms with Crippen LogP contribution in [0.5, 0.6) is 0 Å². The van der Waals surface area contributed by atoms with Crippen LogP contribution < -0.4 is 0 Å². The molecule has 9 heteroatoms. The Morgan fingerprint density at radius 1 is 0.579 bits per heavy atom. The molecule has 0 saturated carbocycles. The SMILES string of the molecule is Cc1cc(F)cc(C2=Nc3cc4c(cc3C2=C(C#N)C#N)N=C(c2cc(F)cc(F)c2)C4=C(C#N)C#N)c1. The van der Waals surface area contributed by atoms with Gasteiger partial charge in [0.05, 0.1) is 22.8 Å². The molecule has 0 atom stereocenters. The van der Waals surface area contributed by atoms with Crippen LogP contribution in [0.15, 0.2) is 69.7 Å². The lowest BCUT2D eigenvalue weighted by Gasteiger charge is -2.08. The van der Waals surface area contributed by atoms with Crippen LogP contribution in [0.4, 0.5) is 24.5 Å². The number of rotatable bonds is 2. The predicted octanol–water partition coefficient (Wildman–Crippen LogP) is 6.28. The summed E-state index contributed by atoms with van der Waals surface area (Å²) in [6.07, 6.45) is 0. The Morgan fingerprint density at radius 2 is 0.974 bits per heavy atom. The Bertz CT molecular complexity index is 1690. The fourth-order valence-corrected chi connectivity index (χ4v) is 4.53. The maximum atomic E-state index is 14.2. The first kappa shape index (κ1) is 23.9. The molecule has 178 valence electrons. The number of nitrogens with zero attached hydrogens (tertiary/aromatic N) is 6. The van der Waals surface area contributed by atoms with Gasteiger partial charge < -0.3 is 0 Å². The van der Waals surface area contributed by atoms with E-state index in [1.54, 1.807) is 25.1 Å². The van der Waals surface area contributed by atoms with Gasteiger partial charge >= 0.3 is 0 Å². The van der Waals surface area contributed by atoms with Crippen LogP contribution in [0, 0.1) is 69.7 Å². The standard InChI is InChI=1S/C29H11F3N6/c1-14-2-15(4-19(30)3-14)28-26(17(10-33)11-34)22-8-25-23(9-24(22)37-28)27(18(12-35)13-36)29(38-25)16-5-20(31)7-21(32)6-16/h2-9H,1H3. The molecule has 0 spiro atoms. The van der Waals surface area contributed by atoms with Crippen molar-refractivity contribution in [2.24, 2.45) is 9.98 Å². The third-order valence-electron chi connectivity index (χ3n) is 5.99. The van der Waals surface area contributed by atoms with Crippen molar-refractivity contribution in [1.82, 2.24) is 0 Å². The fourth-order valence-electron chi connectivity index (χ4n) is 4.53. The second-order valence-corrected chi connectivity index (χ2v) is 8.43. The molecule has 2 heterocycles. The molecule has 6 nitrogen and oxygen atoms in total. The number of aryl methyl sites for hydroxylation is 1. The zero-order chi connectivity index (χ0) is 27.1. The summed E-state index contributed by atoms with van der Waals surface area (Å²) in [4.78, 5) is 9.06. The molecule has 2 aliphatic heterocycles. The molecule has 3 aromatic rings. The van der Waals surface area contributed by atoms with Crippen LogP contribution >= 0.6 is 0 Å². The van der Waals surface area contributed by atoms with Crippen molar-refractivity contribution in [3.63, 3.8) is 0 Å². The summed E-state index contributed by atoms with van der Waals surface area (Å²) in [5.74, 6) is -2.26. The van der Waals surface area contributed by atoms with E-state index in [0.717, 1.165) is 12.1 Å². The molecule has 0 unspecified atom stereocenters. The molecule has 0 aromatic heterocycles. The molecule has 0 saturated heterocycles. The second-order valence-electron chi connectivity index (χ2n) is 8.43. The van der Waals surface area contributed by atoms with Gasteiger partial charge in [0.15, 0.2) is 0 Å². The number of aliphatic imine (C=N–C) groups is 2. The van der Waals surface area contributed by atoms with Gasteiger partial charge in [0.2, 0.25) is 0 Å². The van der Waals surface area contributed by atoms with E-state index in [1.807, 2.05) is 12.1 Å². The predicted molar refractivity (Wildman–Crippen MR) is 133 cm³/mol.